The maximum atomic E-state index is 12.6. The first kappa shape index (κ1) is 19.5. The van der Waals surface area contributed by atoms with Gasteiger partial charge in [-0.2, -0.15) is 0 Å². The molecule has 0 fully saturated rings. The van der Waals surface area contributed by atoms with Crippen LogP contribution in [0.25, 0.3) is 10.9 Å². The molecule has 0 radical (unpaired) electrons. The van der Waals surface area contributed by atoms with E-state index in [0.717, 1.165) is 0 Å². The van der Waals surface area contributed by atoms with Gasteiger partial charge in [0.2, 0.25) is 0 Å². The molecule has 1 aromatic heterocycles. The van der Waals surface area contributed by atoms with Crippen molar-refractivity contribution in [2.75, 3.05) is 6.61 Å². The molecule has 3 aromatic rings. The van der Waals surface area contributed by atoms with Crippen LogP contribution in [0, 0.1) is 6.92 Å². The first-order valence-corrected chi connectivity index (χ1v) is 8.88. The fourth-order valence-electron chi connectivity index (χ4n) is 2.71. The summed E-state index contributed by atoms with van der Waals surface area (Å²) in [5.41, 5.74) is 1.38. The van der Waals surface area contributed by atoms with Gasteiger partial charge in [-0.25, -0.2) is 14.4 Å². The Morgan fingerprint density at radius 3 is 2.36 bits per heavy atom. The Morgan fingerprint density at radius 2 is 1.68 bits per heavy atom. The Kier molecular flexibility index (Phi) is 5.70. The van der Waals surface area contributed by atoms with Crippen LogP contribution in [-0.4, -0.2) is 29.5 Å². The van der Waals surface area contributed by atoms with E-state index < -0.39 is 17.9 Å². The molecule has 7 heteroatoms. The lowest BCUT2D eigenvalue weighted by Gasteiger charge is -2.11. The molecule has 0 spiro atoms. The average molecular weight is 398 g/mol. The third kappa shape index (κ3) is 3.73. The van der Waals surface area contributed by atoms with Gasteiger partial charge in [0.25, 0.3) is 0 Å². The van der Waals surface area contributed by atoms with E-state index in [2.05, 4.69) is 4.98 Å². The van der Waals surface area contributed by atoms with Gasteiger partial charge in [0.05, 0.1) is 33.8 Å². The minimum atomic E-state index is -0.855. The van der Waals surface area contributed by atoms with E-state index in [-0.39, 0.29) is 33.8 Å². The number of hydrogen-bond donors (Lipinski definition) is 0. The molecule has 1 heterocycles. The van der Waals surface area contributed by atoms with E-state index >= 15 is 0 Å². The largest absolute Gasteiger partial charge is 0.462 e. The molecule has 0 atom stereocenters. The number of nitrogens with zero attached hydrogens (tertiary/aromatic N) is 1. The number of esters is 3. The Hall–Kier alpha value is -3.25. The lowest BCUT2D eigenvalue weighted by Crippen LogP contribution is -2.14. The fourth-order valence-corrected chi connectivity index (χ4v) is 3.08. The topological polar surface area (TPSA) is 82.6 Å². The molecule has 0 aliphatic heterocycles. The number of carbonyl (C=O) groups is 3. The second-order valence-corrected chi connectivity index (χ2v) is 6.28. The number of pyridine rings is 1. The van der Waals surface area contributed by atoms with Crippen LogP contribution in [0.3, 0.4) is 0 Å². The fraction of sp³-hybridized carbons (Fsp3) is 0.143. The summed E-state index contributed by atoms with van der Waals surface area (Å²) in [5, 5.41) is 0.554. The van der Waals surface area contributed by atoms with Crippen LogP contribution in [0.2, 0.25) is 5.02 Å². The van der Waals surface area contributed by atoms with E-state index in [4.69, 9.17) is 21.1 Å². The van der Waals surface area contributed by atoms with Crippen molar-refractivity contribution < 1.29 is 23.9 Å². The van der Waals surface area contributed by atoms with Gasteiger partial charge in [-0.1, -0.05) is 35.9 Å². The first-order chi connectivity index (χ1) is 13.4. The van der Waals surface area contributed by atoms with Crippen molar-refractivity contribution in [3.8, 4) is 0 Å². The smallest absolute Gasteiger partial charge is 0.348 e. The quantitative estimate of drug-likeness (QED) is 0.480. The molecule has 142 valence electrons. The van der Waals surface area contributed by atoms with Crippen LogP contribution in [0.1, 0.15) is 43.6 Å². The van der Waals surface area contributed by atoms with Gasteiger partial charge in [-0.3, -0.25) is 4.98 Å². The molecule has 0 N–H and O–H groups in total. The van der Waals surface area contributed by atoms with Crippen LogP contribution in [0.15, 0.2) is 48.7 Å². The Bertz CT molecular complexity index is 1080. The lowest BCUT2D eigenvalue weighted by atomic mass is 10.0. The summed E-state index contributed by atoms with van der Waals surface area (Å²) in [6.45, 7) is 3.65. The molecule has 0 aliphatic carbocycles. The van der Waals surface area contributed by atoms with Crippen LogP contribution in [0.5, 0.6) is 0 Å². The average Bonchev–Trinajstić information content (AvgIpc) is 2.69. The highest BCUT2D eigenvalue weighted by Crippen LogP contribution is 2.31. The number of benzene rings is 2. The molecule has 0 saturated carbocycles. The van der Waals surface area contributed by atoms with Crippen LogP contribution in [-0.2, 0) is 9.47 Å². The highest BCUT2D eigenvalue weighted by atomic mass is 35.5. The van der Waals surface area contributed by atoms with Gasteiger partial charge < -0.3 is 9.47 Å². The number of halogens is 1. The third-order valence-electron chi connectivity index (χ3n) is 4.08. The van der Waals surface area contributed by atoms with Gasteiger partial charge in [0.1, 0.15) is 0 Å². The number of hydrogen-bond acceptors (Lipinski definition) is 6. The van der Waals surface area contributed by atoms with Gasteiger partial charge in [0.15, 0.2) is 0 Å². The zero-order valence-corrected chi connectivity index (χ0v) is 15.9. The zero-order chi connectivity index (χ0) is 20.3. The number of aryl methyl sites for hydroxylation is 1. The SMILES string of the molecule is CCOC(=O)c1cnc2c(C(=O)OC(=O)c3ccccc3)ccc(C)c2c1Cl. The number of carbonyl (C=O) groups excluding carboxylic acids is 3. The van der Waals surface area contributed by atoms with Crippen molar-refractivity contribution >= 4 is 40.4 Å². The second-order valence-electron chi connectivity index (χ2n) is 5.90. The van der Waals surface area contributed by atoms with E-state index in [9.17, 15) is 14.4 Å². The van der Waals surface area contributed by atoms with Crippen molar-refractivity contribution in [1.29, 1.82) is 0 Å². The predicted molar refractivity (Wildman–Crippen MR) is 104 cm³/mol. The zero-order valence-electron chi connectivity index (χ0n) is 15.2. The second kappa shape index (κ2) is 8.19. The van der Waals surface area contributed by atoms with Crippen molar-refractivity contribution in [3.05, 3.63) is 75.9 Å². The summed E-state index contributed by atoms with van der Waals surface area (Å²) < 4.78 is 9.95. The number of rotatable bonds is 4. The highest BCUT2D eigenvalue weighted by Gasteiger charge is 2.22. The molecule has 0 aliphatic rings. The predicted octanol–water partition coefficient (Wildman–Crippen LogP) is 4.37. The first-order valence-electron chi connectivity index (χ1n) is 8.50. The van der Waals surface area contributed by atoms with Gasteiger partial charge in [-0.05, 0) is 37.6 Å². The van der Waals surface area contributed by atoms with Crippen LogP contribution >= 0.6 is 11.6 Å². The van der Waals surface area contributed by atoms with Gasteiger partial charge in [-0.15, -0.1) is 0 Å². The van der Waals surface area contributed by atoms with Crippen molar-refractivity contribution in [2.24, 2.45) is 0 Å². The molecular weight excluding hydrogens is 382 g/mol. The highest BCUT2D eigenvalue weighted by molar-refractivity contribution is 6.38. The molecule has 0 amide bonds. The Labute approximate surface area is 166 Å². The van der Waals surface area contributed by atoms with Crippen LogP contribution in [0.4, 0.5) is 0 Å². The summed E-state index contributed by atoms with van der Waals surface area (Å²) in [7, 11) is 0. The van der Waals surface area contributed by atoms with E-state index in [1.165, 1.54) is 12.3 Å². The molecule has 0 unspecified atom stereocenters. The van der Waals surface area contributed by atoms with Gasteiger partial charge >= 0.3 is 17.9 Å². The molecule has 6 nitrogen and oxygen atoms in total. The van der Waals surface area contributed by atoms with E-state index in [1.807, 2.05) is 0 Å². The number of ether oxygens (including phenoxy) is 2. The third-order valence-corrected chi connectivity index (χ3v) is 4.47. The van der Waals surface area contributed by atoms with Crippen molar-refractivity contribution in [1.82, 2.24) is 4.98 Å². The number of aromatic nitrogens is 1. The Balaban J connectivity index is 2.01. The Morgan fingerprint density at radius 1 is 0.964 bits per heavy atom. The summed E-state index contributed by atoms with van der Waals surface area (Å²) in [6, 6.07) is 11.3. The molecule has 2 aromatic carbocycles. The summed E-state index contributed by atoms with van der Waals surface area (Å²) in [4.78, 5) is 41.0. The van der Waals surface area contributed by atoms with E-state index in [1.54, 1.807) is 50.2 Å². The minimum absolute atomic E-state index is 0.0715. The van der Waals surface area contributed by atoms with Crippen LogP contribution < -0.4 is 0 Å². The van der Waals surface area contributed by atoms with Gasteiger partial charge in [0, 0.05) is 11.6 Å². The number of fused-ring (bicyclic) bond motifs is 1. The molecule has 0 saturated heterocycles. The van der Waals surface area contributed by atoms with Crippen molar-refractivity contribution in [2.45, 2.75) is 13.8 Å². The molecule has 0 bridgehead atoms. The lowest BCUT2D eigenvalue weighted by molar-refractivity contribution is 0.0398. The summed E-state index contributed by atoms with van der Waals surface area (Å²) in [5.74, 6) is -2.23. The maximum Gasteiger partial charge on any atom is 0.348 e. The normalized spacial score (nSPS) is 10.5. The molecule has 3 rings (SSSR count). The summed E-state index contributed by atoms with van der Waals surface area (Å²) in [6.07, 6.45) is 1.25. The summed E-state index contributed by atoms with van der Waals surface area (Å²) >= 11 is 6.40. The standard InChI is InChI=1S/C21H16ClNO5/c1-3-27-20(25)15-11-23-18-14(10-9-12(2)16(18)17(15)22)21(26)28-19(24)13-7-5-4-6-8-13/h4-11H,3H2,1-2H3. The molecular formula is C21H16ClNO5. The maximum absolute atomic E-state index is 12.6. The molecule has 28 heavy (non-hydrogen) atoms. The van der Waals surface area contributed by atoms with Crippen molar-refractivity contribution in [3.63, 3.8) is 0 Å². The monoisotopic (exact) mass is 397 g/mol. The minimum Gasteiger partial charge on any atom is -0.462 e. The van der Waals surface area contributed by atoms with E-state index in [0.29, 0.717) is 10.9 Å².